The first-order valence-corrected chi connectivity index (χ1v) is 9.06. The first kappa shape index (κ1) is 19.2. The molecule has 0 aromatic heterocycles. The average molecular weight is 371 g/mol. The van der Waals surface area contributed by atoms with Crippen molar-refractivity contribution in [2.24, 2.45) is 0 Å². The van der Waals surface area contributed by atoms with Crippen molar-refractivity contribution >= 4 is 6.03 Å². The Labute approximate surface area is 159 Å². The van der Waals surface area contributed by atoms with Crippen LogP contribution in [0.3, 0.4) is 0 Å². The van der Waals surface area contributed by atoms with Crippen molar-refractivity contribution in [2.45, 2.75) is 25.6 Å². The number of rotatable bonds is 5. The van der Waals surface area contributed by atoms with Crippen LogP contribution in [0.15, 0.2) is 42.5 Å². The summed E-state index contributed by atoms with van der Waals surface area (Å²) in [7, 11) is 5.31. The Balaban J connectivity index is 1.54. The molecule has 3 rings (SSSR count). The quantitative estimate of drug-likeness (QED) is 0.879. The minimum atomic E-state index is -0.430. The Bertz CT molecular complexity index is 812. The highest BCUT2D eigenvalue weighted by Crippen LogP contribution is 2.22. The SMILES string of the molecule is COc1ccc(CNC(=O)N(C)C[C@H]2Cc3ccccc3CN2C)cc1F. The first-order chi connectivity index (χ1) is 13.0. The van der Waals surface area contributed by atoms with Crippen LogP contribution in [0.4, 0.5) is 9.18 Å². The lowest BCUT2D eigenvalue weighted by Crippen LogP contribution is -2.48. The van der Waals surface area contributed by atoms with E-state index in [4.69, 9.17) is 4.74 Å². The molecule has 5 nitrogen and oxygen atoms in total. The lowest BCUT2D eigenvalue weighted by atomic mass is 9.94. The van der Waals surface area contributed by atoms with Gasteiger partial charge < -0.3 is 15.0 Å². The van der Waals surface area contributed by atoms with Gasteiger partial charge in [-0.1, -0.05) is 30.3 Å². The summed E-state index contributed by atoms with van der Waals surface area (Å²) in [6.45, 7) is 1.79. The highest BCUT2D eigenvalue weighted by Gasteiger charge is 2.25. The third-order valence-electron chi connectivity index (χ3n) is 5.11. The maximum atomic E-state index is 13.8. The molecule has 1 N–H and O–H groups in total. The second-order valence-electron chi connectivity index (χ2n) is 7.05. The van der Waals surface area contributed by atoms with Crippen LogP contribution in [0.25, 0.3) is 0 Å². The van der Waals surface area contributed by atoms with Gasteiger partial charge in [0.1, 0.15) is 0 Å². The molecule has 0 spiro atoms. The number of ether oxygens (including phenoxy) is 1. The average Bonchev–Trinajstić information content (AvgIpc) is 2.66. The van der Waals surface area contributed by atoms with Crippen molar-refractivity contribution in [3.63, 3.8) is 0 Å². The molecule has 144 valence electrons. The van der Waals surface area contributed by atoms with E-state index < -0.39 is 5.82 Å². The second kappa shape index (κ2) is 8.39. The van der Waals surface area contributed by atoms with Gasteiger partial charge in [0, 0.05) is 32.7 Å². The van der Waals surface area contributed by atoms with Gasteiger partial charge in [0.2, 0.25) is 0 Å². The number of likely N-dealkylation sites (N-methyl/N-ethyl adjacent to an activating group) is 2. The van der Waals surface area contributed by atoms with Gasteiger partial charge in [0.05, 0.1) is 7.11 Å². The number of methoxy groups -OCH3 is 1. The molecule has 1 atom stereocenters. The van der Waals surface area contributed by atoms with Crippen LogP contribution in [0, 0.1) is 5.82 Å². The van der Waals surface area contributed by atoms with Crippen LogP contribution in [-0.2, 0) is 19.5 Å². The van der Waals surface area contributed by atoms with Crippen molar-refractivity contribution in [1.29, 1.82) is 0 Å². The van der Waals surface area contributed by atoms with Crippen LogP contribution >= 0.6 is 0 Å². The number of carbonyl (C=O) groups is 1. The van der Waals surface area contributed by atoms with Gasteiger partial charge in [-0.15, -0.1) is 0 Å². The molecule has 0 radical (unpaired) electrons. The van der Waals surface area contributed by atoms with Gasteiger partial charge in [-0.3, -0.25) is 4.90 Å². The summed E-state index contributed by atoms with van der Waals surface area (Å²) in [5.74, 6) is -0.233. The summed E-state index contributed by atoms with van der Waals surface area (Å²) < 4.78 is 18.7. The van der Waals surface area contributed by atoms with E-state index >= 15 is 0 Å². The van der Waals surface area contributed by atoms with E-state index in [1.165, 1.54) is 24.3 Å². The molecule has 2 aromatic rings. The lowest BCUT2D eigenvalue weighted by molar-refractivity contribution is 0.159. The third-order valence-corrected chi connectivity index (χ3v) is 5.11. The van der Waals surface area contributed by atoms with Gasteiger partial charge in [0.15, 0.2) is 11.6 Å². The van der Waals surface area contributed by atoms with Gasteiger partial charge in [0.25, 0.3) is 0 Å². The summed E-state index contributed by atoms with van der Waals surface area (Å²) >= 11 is 0. The highest BCUT2D eigenvalue weighted by molar-refractivity contribution is 5.73. The van der Waals surface area contributed by atoms with Crippen molar-refractivity contribution in [1.82, 2.24) is 15.1 Å². The van der Waals surface area contributed by atoms with Crippen LogP contribution in [0.2, 0.25) is 0 Å². The maximum absolute atomic E-state index is 13.8. The van der Waals surface area contributed by atoms with E-state index in [0.29, 0.717) is 12.1 Å². The Kier molecular flexibility index (Phi) is 5.96. The number of hydrogen-bond acceptors (Lipinski definition) is 3. The minimum absolute atomic E-state index is 0.168. The van der Waals surface area contributed by atoms with E-state index in [1.54, 1.807) is 24.1 Å². The Morgan fingerprint density at radius 1 is 1.30 bits per heavy atom. The fraction of sp³-hybridized carbons (Fsp3) is 0.381. The summed E-state index contributed by atoms with van der Waals surface area (Å²) in [6.07, 6.45) is 0.925. The summed E-state index contributed by atoms with van der Waals surface area (Å²) in [6, 6.07) is 13.2. The molecule has 0 fully saturated rings. The zero-order valence-corrected chi connectivity index (χ0v) is 16.0. The molecule has 0 saturated carbocycles. The molecule has 0 bridgehead atoms. The monoisotopic (exact) mass is 371 g/mol. The number of urea groups is 1. The van der Waals surface area contributed by atoms with Gasteiger partial charge in [-0.2, -0.15) is 0 Å². The number of nitrogens with one attached hydrogen (secondary N) is 1. The fourth-order valence-electron chi connectivity index (χ4n) is 3.45. The lowest BCUT2D eigenvalue weighted by Gasteiger charge is -2.36. The Hall–Kier alpha value is -2.60. The van der Waals surface area contributed by atoms with E-state index in [1.807, 2.05) is 0 Å². The standard InChI is InChI=1S/C21H26FN3O2/c1-24-13-17-7-5-4-6-16(17)11-18(24)14-25(2)21(26)23-12-15-8-9-20(27-3)19(22)10-15/h4-10,18H,11-14H2,1-3H3,(H,23,26)/t18-/m1/s1. The maximum Gasteiger partial charge on any atom is 0.317 e. The van der Waals surface area contributed by atoms with Gasteiger partial charge in [-0.05, 0) is 42.3 Å². The van der Waals surface area contributed by atoms with E-state index in [0.717, 1.165) is 13.0 Å². The van der Waals surface area contributed by atoms with Crippen LogP contribution in [0.5, 0.6) is 5.75 Å². The molecule has 1 heterocycles. The highest BCUT2D eigenvalue weighted by atomic mass is 19.1. The van der Waals surface area contributed by atoms with Crippen LogP contribution in [0.1, 0.15) is 16.7 Å². The van der Waals surface area contributed by atoms with Crippen molar-refractivity contribution in [3.8, 4) is 5.75 Å². The molecular formula is C21H26FN3O2. The third kappa shape index (κ3) is 4.57. The number of halogens is 1. The molecule has 6 heteroatoms. The topological polar surface area (TPSA) is 44.8 Å². The molecule has 1 aliphatic rings. The molecule has 2 amide bonds. The molecule has 27 heavy (non-hydrogen) atoms. The molecule has 0 saturated heterocycles. The van der Waals surface area contributed by atoms with Crippen molar-refractivity contribution < 1.29 is 13.9 Å². The summed E-state index contributed by atoms with van der Waals surface area (Å²) in [5, 5.41) is 2.85. The van der Waals surface area contributed by atoms with E-state index in [2.05, 4.69) is 41.5 Å². The second-order valence-corrected chi connectivity index (χ2v) is 7.05. The molecular weight excluding hydrogens is 345 g/mol. The fourth-order valence-corrected chi connectivity index (χ4v) is 3.45. The van der Waals surface area contributed by atoms with Crippen LogP contribution in [-0.4, -0.2) is 49.6 Å². The van der Waals surface area contributed by atoms with E-state index in [9.17, 15) is 9.18 Å². The molecule has 0 aliphatic carbocycles. The molecule has 1 aliphatic heterocycles. The largest absolute Gasteiger partial charge is 0.494 e. The minimum Gasteiger partial charge on any atom is -0.494 e. The number of carbonyl (C=O) groups excluding carboxylic acids is 1. The van der Waals surface area contributed by atoms with Gasteiger partial charge in [-0.25, -0.2) is 9.18 Å². The van der Waals surface area contributed by atoms with Gasteiger partial charge >= 0.3 is 6.03 Å². The molecule has 2 aromatic carbocycles. The zero-order valence-electron chi connectivity index (χ0n) is 16.0. The Morgan fingerprint density at radius 3 is 2.74 bits per heavy atom. The Morgan fingerprint density at radius 2 is 2.04 bits per heavy atom. The normalized spacial score (nSPS) is 16.5. The van der Waals surface area contributed by atoms with Crippen molar-refractivity contribution in [2.75, 3.05) is 27.7 Å². The number of hydrogen-bond donors (Lipinski definition) is 1. The van der Waals surface area contributed by atoms with Crippen molar-refractivity contribution in [3.05, 3.63) is 65.0 Å². The zero-order chi connectivity index (χ0) is 19.4. The number of amides is 2. The van der Waals surface area contributed by atoms with Crippen LogP contribution < -0.4 is 10.1 Å². The predicted octanol–water partition coefficient (Wildman–Crippen LogP) is 3.03. The number of nitrogens with zero attached hydrogens (tertiary/aromatic N) is 2. The number of fused-ring (bicyclic) bond motifs is 1. The summed E-state index contributed by atoms with van der Waals surface area (Å²) in [5.41, 5.74) is 3.40. The number of benzene rings is 2. The van der Waals surface area contributed by atoms with E-state index in [-0.39, 0.29) is 24.4 Å². The molecule has 0 unspecified atom stereocenters. The first-order valence-electron chi connectivity index (χ1n) is 9.06. The predicted molar refractivity (Wildman–Crippen MR) is 103 cm³/mol. The summed E-state index contributed by atoms with van der Waals surface area (Å²) in [4.78, 5) is 16.4. The smallest absolute Gasteiger partial charge is 0.317 e.